The molecule has 1 rings (SSSR count). The summed E-state index contributed by atoms with van der Waals surface area (Å²) in [4.78, 5) is 26.6. The maximum absolute atomic E-state index is 12.5. The second-order valence-corrected chi connectivity index (χ2v) is 6.12. The Morgan fingerprint density at radius 2 is 1.96 bits per heavy atom. The summed E-state index contributed by atoms with van der Waals surface area (Å²) in [5.74, 6) is 0.621. The highest BCUT2D eigenvalue weighted by molar-refractivity contribution is 5.87. The molecule has 0 bridgehead atoms. The van der Waals surface area contributed by atoms with Crippen molar-refractivity contribution in [1.29, 1.82) is 0 Å². The minimum atomic E-state index is -0.510. The van der Waals surface area contributed by atoms with Gasteiger partial charge in [-0.15, -0.1) is 0 Å². The SMILES string of the molecule is CCCC(=O)N(Cc1cccc(OC)c1)[C@@H](C)C(=O)N[C@@H](C)CC. The number of amides is 2. The summed E-state index contributed by atoms with van der Waals surface area (Å²) in [6, 6.07) is 7.17. The number of ether oxygens (including phenoxy) is 1. The summed E-state index contributed by atoms with van der Waals surface area (Å²) in [5, 5.41) is 2.96. The molecule has 24 heavy (non-hydrogen) atoms. The lowest BCUT2D eigenvalue weighted by atomic mass is 10.1. The lowest BCUT2D eigenvalue weighted by Crippen LogP contribution is -2.49. The van der Waals surface area contributed by atoms with E-state index in [1.807, 2.05) is 45.0 Å². The molecule has 0 aliphatic rings. The molecular formula is C19H30N2O3. The van der Waals surface area contributed by atoms with Crippen LogP contribution in [0.25, 0.3) is 0 Å². The molecule has 2 amide bonds. The third-order valence-electron chi connectivity index (χ3n) is 4.12. The van der Waals surface area contributed by atoms with E-state index >= 15 is 0 Å². The minimum Gasteiger partial charge on any atom is -0.497 e. The maximum atomic E-state index is 12.5. The molecule has 0 aliphatic carbocycles. The van der Waals surface area contributed by atoms with Gasteiger partial charge in [0.1, 0.15) is 11.8 Å². The fourth-order valence-corrected chi connectivity index (χ4v) is 2.37. The Morgan fingerprint density at radius 3 is 2.54 bits per heavy atom. The van der Waals surface area contributed by atoms with Gasteiger partial charge in [-0.2, -0.15) is 0 Å². The molecule has 0 heterocycles. The number of carbonyl (C=O) groups excluding carboxylic acids is 2. The standard InChI is InChI=1S/C19H30N2O3/c1-6-9-18(22)21(15(4)19(23)20-14(3)7-2)13-16-10-8-11-17(12-16)24-5/h8,10-12,14-15H,6-7,9,13H2,1-5H3,(H,20,23)/t14-,15-/m0/s1. The van der Waals surface area contributed by atoms with Gasteiger partial charge in [0.05, 0.1) is 7.11 Å². The first-order chi connectivity index (χ1) is 11.4. The van der Waals surface area contributed by atoms with Crippen LogP contribution in [0.1, 0.15) is 52.5 Å². The number of hydrogen-bond acceptors (Lipinski definition) is 3. The van der Waals surface area contributed by atoms with E-state index in [-0.39, 0.29) is 17.9 Å². The number of nitrogens with zero attached hydrogens (tertiary/aromatic N) is 1. The lowest BCUT2D eigenvalue weighted by molar-refractivity contribution is -0.140. The summed E-state index contributed by atoms with van der Waals surface area (Å²) < 4.78 is 5.24. The van der Waals surface area contributed by atoms with Crippen LogP contribution < -0.4 is 10.1 Å². The van der Waals surface area contributed by atoms with E-state index < -0.39 is 6.04 Å². The van der Waals surface area contributed by atoms with Crippen molar-refractivity contribution in [3.63, 3.8) is 0 Å². The number of methoxy groups -OCH3 is 1. The van der Waals surface area contributed by atoms with Gasteiger partial charge < -0.3 is 15.0 Å². The van der Waals surface area contributed by atoms with Gasteiger partial charge in [0.15, 0.2) is 0 Å². The van der Waals surface area contributed by atoms with E-state index in [1.54, 1.807) is 18.9 Å². The average molecular weight is 334 g/mol. The quantitative estimate of drug-likeness (QED) is 0.755. The molecule has 0 saturated heterocycles. The fourth-order valence-electron chi connectivity index (χ4n) is 2.37. The summed E-state index contributed by atoms with van der Waals surface area (Å²) in [7, 11) is 1.61. The second-order valence-electron chi connectivity index (χ2n) is 6.12. The van der Waals surface area contributed by atoms with Crippen LogP contribution >= 0.6 is 0 Å². The normalized spacial score (nSPS) is 13.0. The van der Waals surface area contributed by atoms with E-state index in [9.17, 15) is 9.59 Å². The van der Waals surface area contributed by atoms with Gasteiger partial charge in [-0.1, -0.05) is 26.0 Å². The van der Waals surface area contributed by atoms with E-state index in [0.717, 1.165) is 24.2 Å². The fraction of sp³-hybridized carbons (Fsp3) is 0.579. The van der Waals surface area contributed by atoms with Crippen LogP contribution in [0.4, 0.5) is 0 Å². The van der Waals surface area contributed by atoms with Crippen molar-refractivity contribution in [2.45, 2.75) is 65.6 Å². The Bertz CT molecular complexity index is 545. The number of nitrogens with one attached hydrogen (secondary N) is 1. The van der Waals surface area contributed by atoms with Crippen molar-refractivity contribution >= 4 is 11.8 Å². The van der Waals surface area contributed by atoms with Crippen LogP contribution in [0, 0.1) is 0 Å². The number of benzene rings is 1. The smallest absolute Gasteiger partial charge is 0.242 e. The Labute approximate surface area is 145 Å². The summed E-state index contributed by atoms with van der Waals surface area (Å²) >= 11 is 0. The molecule has 0 spiro atoms. The minimum absolute atomic E-state index is 0.00729. The molecule has 0 aliphatic heterocycles. The molecule has 0 fully saturated rings. The first-order valence-electron chi connectivity index (χ1n) is 8.65. The third kappa shape index (κ3) is 5.87. The predicted octanol–water partition coefficient (Wildman–Crippen LogP) is 3.13. The van der Waals surface area contributed by atoms with Gasteiger partial charge in [0, 0.05) is 19.0 Å². The van der Waals surface area contributed by atoms with Crippen molar-refractivity contribution in [3.05, 3.63) is 29.8 Å². The van der Waals surface area contributed by atoms with E-state index in [4.69, 9.17) is 4.74 Å². The molecule has 0 unspecified atom stereocenters. The van der Waals surface area contributed by atoms with Crippen LogP contribution in [0.2, 0.25) is 0 Å². The Balaban J connectivity index is 2.94. The molecule has 1 aromatic carbocycles. The van der Waals surface area contributed by atoms with Gasteiger partial charge >= 0.3 is 0 Å². The van der Waals surface area contributed by atoms with Crippen LogP contribution in [0.5, 0.6) is 5.75 Å². The Hall–Kier alpha value is -2.04. The van der Waals surface area contributed by atoms with Crippen LogP contribution in [0.15, 0.2) is 24.3 Å². The molecule has 5 nitrogen and oxygen atoms in total. The topological polar surface area (TPSA) is 58.6 Å². The van der Waals surface area contributed by atoms with E-state index in [2.05, 4.69) is 5.32 Å². The van der Waals surface area contributed by atoms with Crippen molar-refractivity contribution in [3.8, 4) is 5.75 Å². The Kier molecular flexibility index (Phi) is 8.30. The van der Waals surface area contributed by atoms with Crippen molar-refractivity contribution in [1.82, 2.24) is 10.2 Å². The number of carbonyl (C=O) groups is 2. The van der Waals surface area contributed by atoms with E-state index in [1.165, 1.54) is 0 Å². The average Bonchev–Trinajstić information content (AvgIpc) is 2.59. The molecule has 1 aromatic rings. The highest BCUT2D eigenvalue weighted by Gasteiger charge is 2.26. The molecule has 0 saturated carbocycles. The van der Waals surface area contributed by atoms with Crippen molar-refractivity contribution in [2.75, 3.05) is 7.11 Å². The third-order valence-corrected chi connectivity index (χ3v) is 4.12. The lowest BCUT2D eigenvalue weighted by Gasteiger charge is -2.29. The zero-order chi connectivity index (χ0) is 18.1. The Morgan fingerprint density at radius 1 is 1.25 bits per heavy atom. The van der Waals surface area contributed by atoms with Gasteiger partial charge in [0.2, 0.25) is 11.8 Å². The van der Waals surface area contributed by atoms with Crippen molar-refractivity contribution in [2.24, 2.45) is 0 Å². The zero-order valence-corrected chi connectivity index (χ0v) is 15.5. The van der Waals surface area contributed by atoms with Crippen LogP contribution in [-0.2, 0) is 16.1 Å². The first-order valence-corrected chi connectivity index (χ1v) is 8.65. The molecule has 0 aromatic heterocycles. The maximum Gasteiger partial charge on any atom is 0.242 e. The van der Waals surface area contributed by atoms with Gasteiger partial charge in [-0.05, 0) is 44.4 Å². The summed E-state index contributed by atoms with van der Waals surface area (Å²) in [5.41, 5.74) is 0.946. The van der Waals surface area contributed by atoms with E-state index in [0.29, 0.717) is 13.0 Å². The zero-order valence-electron chi connectivity index (χ0n) is 15.5. The predicted molar refractivity (Wildman–Crippen MR) is 95.8 cm³/mol. The molecule has 5 heteroatoms. The van der Waals surface area contributed by atoms with Crippen LogP contribution in [0.3, 0.4) is 0 Å². The molecule has 1 N–H and O–H groups in total. The molecule has 2 atom stereocenters. The van der Waals surface area contributed by atoms with Gasteiger partial charge in [-0.3, -0.25) is 9.59 Å². The largest absolute Gasteiger partial charge is 0.497 e. The van der Waals surface area contributed by atoms with Crippen molar-refractivity contribution < 1.29 is 14.3 Å². The molecule has 0 radical (unpaired) electrons. The number of hydrogen-bond donors (Lipinski definition) is 1. The molecular weight excluding hydrogens is 304 g/mol. The second kappa shape index (κ2) is 9.96. The van der Waals surface area contributed by atoms with Crippen LogP contribution in [-0.4, -0.2) is 35.9 Å². The summed E-state index contributed by atoms with van der Waals surface area (Å²) in [6.45, 7) is 8.12. The highest BCUT2D eigenvalue weighted by atomic mass is 16.5. The van der Waals surface area contributed by atoms with Gasteiger partial charge in [0.25, 0.3) is 0 Å². The summed E-state index contributed by atoms with van der Waals surface area (Å²) in [6.07, 6.45) is 2.05. The van der Waals surface area contributed by atoms with Gasteiger partial charge in [-0.25, -0.2) is 0 Å². The monoisotopic (exact) mass is 334 g/mol. The highest BCUT2D eigenvalue weighted by Crippen LogP contribution is 2.17. The first kappa shape index (κ1) is 20.0. The molecule has 134 valence electrons. The number of rotatable bonds is 9.